The molecule has 178 valence electrons. The van der Waals surface area contributed by atoms with Crippen LogP contribution in [0.1, 0.15) is 68.9 Å². The second kappa shape index (κ2) is 9.28. The molecule has 2 unspecified atom stereocenters. The van der Waals surface area contributed by atoms with E-state index < -0.39 is 0 Å². The summed E-state index contributed by atoms with van der Waals surface area (Å²) in [5.41, 5.74) is 12.2. The van der Waals surface area contributed by atoms with Crippen LogP contribution in [-0.4, -0.2) is 12.3 Å². The molecule has 2 heteroatoms. The molecule has 0 bridgehead atoms. The molecule has 1 aliphatic heterocycles. The van der Waals surface area contributed by atoms with E-state index in [-0.39, 0.29) is 0 Å². The highest BCUT2D eigenvalue weighted by molar-refractivity contribution is 5.92. The number of carbonyl (C=O) groups excluding carboxylic acids is 1. The van der Waals surface area contributed by atoms with Crippen LogP contribution < -0.4 is 4.90 Å². The Morgan fingerprint density at radius 1 is 0.750 bits per heavy atom. The summed E-state index contributed by atoms with van der Waals surface area (Å²) in [5, 5.41) is 0. The normalized spacial score (nSPS) is 18.0. The summed E-state index contributed by atoms with van der Waals surface area (Å²) in [5.74, 6) is 0.557. The zero-order valence-corrected chi connectivity index (χ0v) is 20.9. The zero-order chi connectivity index (χ0) is 24.6. The highest BCUT2D eigenvalue weighted by atomic mass is 16.1. The first-order valence-electron chi connectivity index (χ1n) is 12.9. The molecule has 6 rings (SSSR count). The first-order valence-corrected chi connectivity index (χ1v) is 12.9. The SMILES string of the molecule is Cc1ccc(C(=Cc2ccc3c(c2)C2CCCC2N3c2ccc(C=O)cc2)c2ccc(C)cc2)cc1. The molecule has 1 fully saturated rings. The van der Waals surface area contributed by atoms with E-state index in [1.165, 1.54) is 69.6 Å². The number of anilines is 2. The van der Waals surface area contributed by atoms with Gasteiger partial charge in [0.05, 0.1) is 0 Å². The summed E-state index contributed by atoms with van der Waals surface area (Å²) in [6.45, 7) is 4.27. The van der Waals surface area contributed by atoms with Crippen LogP contribution in [0.4, 0.5) is 11.4 Å². The fourth-order valence-electron chi connectivity index (χ4n) is 5.98. The Kier molecular flexibility index (Phi) is 5.81. The fraction of sp³-hybridized carbons (Fsp3) is 0.206. The van der Waals surface area contributed by atoms with Crippen LogP contribution in [0.25, 0.3) is 11.6 Å². The van der Waals surface area contributed by atoms with E-state index >= 15 is 0 Å². The van der Waals surface area contributed by atoms with Crippen LogP contribution in [0.2, 0.25) is 0 Å². The van der Waals surface area contributed by atoms with Crippen LogP contribution >= 0.6 is 0 Å². The van der Waals surface area contributed by atoms with Gasteiger partial charge in [-0.3, -0.25) is 4.79 Å². The third-order valence-corrected chi connectivity index (χ3v) is 7.87. The Labute approximate surface area is 213 Å². The third-order valence-electron chi connectivity index (χ3n) is 7.87. The standard InChI is InChI=1S/C34H31NO/c1-23-6-13-27(14-7-23)31(28-15-8-24(2)9-16-28)20-26-12-19-34-32(21-26)30-4-3-5-33(30)35(34)29-17-10-25(22-36)11-18-29/h6-22,30,33H,3-5H2,1-2H3. The van der Waals surface area contributed by atoms with Crippen LogP contribution in [-0.2, 0) is 0 Å². The fourth-order valence-corrected chi connectivity index (χ4v) is 5.98. The topological polar surface area (TPSA) is 20.3 Å². The molecule has 0 spiro atoms. The Bertz CT molecular complexity index is 1380. The van der Waals surface area contributed by atoms with E-state index in [9.17, 15) is 4.79 Å². The first kappa shape index (κ1) is 22.5. The van der Waals surface area contributed by atoms with Crippen molar-refractivity contribution in [3.05, 3.63) is 130 Å². The van der Waals surface area contributed by atoms with Crippen molar-refractivity contribution in [1.29, 1.82) is 0 Å². The summed E-state index contributed by atoms with van der Waals surface area (Å²) >= 11 is 0. The lowest BCUT2D eigenvalue weighted by Gasteiger charge is -2.27. The van der Waals surface area contributed by atoms with Gasteiger partial charge in [0.15, 0.2) is 0 Å². The van der Waals surface area contributed by atoms with E-state index in [1.54, 1.807) is 0 Å². The molecule has 1 aliphatic carbocycles. The number of aryl methyl sites for hydroxylation is 2. The molecule has 2 atom stereocenters. The van der Waals surface area contributed by atoms with E-state index in [0.29, 0.717) is 12.0 Å². The Morgan fingerprint density at radius 3 is 1.97 bits per heavy atom. The van der Waals surface area contributed by atoms with E-state index in [4.69, 9.17) is 0 Å². The zero-order valence-electron chi connectivity index (χ0n) is 20.9. The first-order chi connectivity index (χ1) is 17.6. The maximum absolute atomic E-state index is 11.2. The summed E-state index contributed by atoms with van der Waals surface area (Å²) in [6, 6.07) is 33.2. The van der Waals surface area contributed by atoms with Gasteiger partial charge in [0.1, 0.15) is 6.29 Å². The van der Waals surface area contributed by atoms with Crippen LogP contribution in [0, 0.1) is 13.8 Å². The Morgan fingerprint density at radius 2 is 1.36 bits per heavy atom. The van der Waals surface area contributed by atoms with Crippen LogP contribution in [0.15, 0.2) is 91.0 Å². The molecular formula is C34H31NO. The molecular weight excluding hydrogens is 438 g/mol. The van der Waals surface area contributed by atoms with Gasteiger partial charge in [-0.2, -0.15) is 0 Å². The minimum absolute atomic E-state index is 0.495. The maximum atomic E-state index is 11.2. The number of nitrogens with zero attached hydrogens (tertiary/aromatic N) is 1. The number of rotatable bonds is 5. The van der Waals surface area contributed by atoms with E-state index in [1.807, 2.05) is 12.1 Å². The van der Waals surface area contributed by atoms with Crippen molar-refractivity contribution >= 4 is 29.3 Å². The Balaban J connectivity index is 1.43. The van der Waals surface area contributed by atoms with Crippen LogP contribution in [0.3, 0.4) is 0 Å². The molecule has 36 heavy (non-hydrogen) atoms. The molecule has 2 aliphatic rings. The molecule has 0 saturated heterocycles. The quantitative estimate of drug-likeness (QED) is 0.216. The number of hydrogen-bond donors (Lipinski definition) is 0. The lowest BCUT2D eigenvalue weighted by Crippen LogP contribution is -2.26. The van der Waals surface area contributed by atoms with Crippen molar-refractivity contribution in [3.8, 4) is 0 Å². The molecule has 1 heterocycles. The predicted molar refractivity (Wildman–Crippen MR) is 150 cm³/mol. The predicted octanol–water partition coefficient (Wildman–Crippen LogP) is 8.49. The average Bonchev–Trinajstić information content (AvgIpc) is 3.50. The molecule has 0 radical (unpaired) electrons. The highest BCUT2D eigenvalue weighted by Crippen LogP contribution is 2.52. The molecule has 4 aromatic rings. The maximum Gasteiger partial charge on any atom is 0.150 e. The lowest BCUT2D eigenvalue weighted by molar-refractivity contribution is 0.112. The van der Waals surface area contributed by atoms with Gasteiger partial charge >= 0.3 is 0 Å². The second-order valence-electron chi connectivity index (χ2n) is 10.3. The summed E-state index contributed by atoms with van der Waals surface area (Å²) in [4.78, 5) is 13.7. The number of carbonyl (C=O) groups is 1. The monoisotopic (exact) mass is 469 g/mol. The summed E-state index contributed by atoms with van der Waals surface area (Å²) in [6.07, 6.45) is 6.96. The third kappa shape index (κ3) is 4.07. The average molecular weight is 470 g/mol. The van der Waals surface area contributed by atoms with Crippen molar-refractivity contribution in [3.63, 3.8) is 0 Å². The van der Waals surface area contributed by atoms with Crippen molar-refractivity contribution < 1.29 is 4.79 Å². The van der Waals surface area contributed by atoms with Gasteiger partial charge in [-0.05, 0) is 97.0 Å². The van der Waals surface area contributed by atoms with Gasteiger partial charge in [0.25, 0.3) is 0 Å². The largest absolute Gasteiger partial charge is 0.338 e. The van der Waals surface area contributed by atoms with Gasteiger partial charge < -0.3 is 4.90 Å². The van der Waals surface area contributed by atoms with Crippen molar-refractivity contribution in [1.82, 2.24) is 0 Å². The smallest absolute Gasteiger partial charge is 0.150 e. The van der Waals surface area contributed by atoms with Gasteiger partial charge in [0, 0.05) is 28.9 Å². The molecule has 2 nitrogen and oxygen atoms in total. The molecule has 0 aromatic heterocycles. The van der Waals surface area contributed by atoms with Crippen molar-refractivity contribution in [2.45, 2.75) is 45.1 Å². The highest BCUT2D eigenvalue weighted by Gasteiger charge is 2.42. The van der Waals surface area contributed by atoms with Crippen LogP contribution in [0.5, 0.6) is 0 Å². The minimum Gasteiger partial charge on any atom is -0.338 e. The molecule has 1 saturated carbocycles. The lowest BCUT2D eigenvalue weighted by atomic mass is 9.92. The molecule has 4 aromatic carbocycles. The number of aldehydes is 1. The second-order valence-corrected chi connectivity index (χ2v) is 10.3. The van der Waals surface area contributed by atoms with Gasteiger partial charge in [-0.15, -0.1) is 0 Å². The van der Waals surface area contributed by atoms with Gasteiger partial charge in [0.2, 0.25) is 0 Å². The number of fused-ring (bicyclic) bond motifs is 3. The van der Waals surface area contributed by atoms with E-state index in [2.05, 4.69) is 104 Å². The number of benzene rings is 4. The molecule has 0 N–H and O–H groups in total. The Hall–Kier alpha value is -3.91. The summed E-state index contributed by atoms with van der Waals surface area (Å²) < 4.78 is 0. The van der Waals surface area contributed by atoms with Crippen molar-refractivity contribution in [2.24, 2.45) is 0 Å². The minimum atomic E-state index is 0.495. The van der Waals surface area contributed by atoms with Crippen molar-refractivity contribution in [2.75, 3.05) is 4.90 Å². The summed E-state index contributed by atoms with van der Waals surface area (Å²) in [7, 11) is 0. The van der Waals surface area contributed by atoms with Gasteiger partial charge in [-0.25, -0.2) is 0 Å². The van der Waals surface area contributed by atoms with Gasteiger partial charge in [-0.1, -0.05) is 72.1 Å². The molecule has 0 amide bonds. The van der Waals surface area contributed by atoms with E-state index in [0.717, 1.165) is 11.8 Å². The number of hydrogen-bond acceptors (Lipinski definition) is 2.